The summed E-state index contributed by atoms with van der Waals surface area (Å²) >= 11 is 0. The number of fused-ring (bicyclic) bond motifs is 6. The molecule has 4 fully saturated rings. The third-order valence-electron chi connectivity index (χ3n) is 10.5. The molecule has 8 atom stereocenters. The lowest BCUT2D eigenvalue weighted by Gasteiger charge is -2.62. The number of amides is 1. The molecule has 176 valence electrons. The van der Waals surface area contributed by atoms with Crippen LogP contribution in [-0.4, -0.2) is 50.0 Å². The van der Waals surface area contributed by atoms with Crippen LogP contribution in [0.2, 0.25) is 0 Å². The second-order valence-corrected chi connectivity index (χ2v) is 11.7. The summed E-state index contributed by atoms with van der Waals surface area (Å²) in [5.41, 5.74) is 1.64. The number of para-hydroxylation sites is 1. The summed E-state index contributed by atoms with van der Waals surface area (Å²) in [4.78, 5) is 27.6. The topological polar surface area (TPSA) is 88.3 Å². The van der Waals surface area contributed by atoms with Gasteiger partial charge in [-0.25, -0.2) is 4.68 Å². The van der Waals surface area contributed by atoms with E-state index < -0.39 is 5.97 Å². The van der Waals surface area contributed by atoms with E-state index in [4.69, 9.17) is 0 Å². The number of rotatable bonds is 2. The molecule has 0 spiro atoms. The van der Waals surface area contributed by atoms with Crippen molar-refractivity contribution in [2.24, 2.45) is 34.5 Å². The Morgan fingerprint density at radius 3 is 2.61 bits per heavy atom. The number of aromatic nitrogens is 3. The fraction of sp³-hybridized carbons (Fsp3) is 0.692. The molecule has 0 radical (unpaired) electrons. The maximum absolute atomic E-state index is 13.5. The van der Waals surface area contributed by atoms with Crippen molar-refractivity contribution in [3.63, 3.8) is 0 Å². The highest BCUT2D eigenvalue weighted by atomic mass is 16.4. The number of carbonyl (C=O) groups is 2. The lowest BCUT2D eigenvalue weighted by molar-refractivity contribution is -0.169. The van der Waals surface area contributed by atoms with E-state index in [2.05, 4.69) is 24.2 Å². The van der Waals surface area contributed by atoms with Crippen molar-refractivity contribution in [2.45, 2.75) is 70.9 Å². The molecule has 1 N–H and O–H groups in total. The zero-order valence-corrected chi connectivity index (χ0v) is 19.8. The van der Waals surface area contributed by atoms with Gasteiger partial charge in [-0.2, -0.15) is 0 Å². The van der Waals surface area contributed by atoms with Crippen LogP contribution in [0.25, 0.3) is 11.0 Å². The quantitative estimate of drug-likeness (QED) is 0.743. The van der Waals surface area contributed by atoms with Crippen LogP contribution in [0.5, 0.6) is 0 Å². The normalized spacial score (nSPS) is 42.6. The van der Waals surface area contributed by atoms with Gasteiger partial charge in [-0.1, -0.05) is 31.2 Å². The summed E-state index contributed by atoms with van der Waals surface area (Å²) < 4.78 is 1.85. The standard InChI is InChI=1S/C26H34N4O3/c1-25-13-12-17-15(16(25)9-10-18(25)24(32)33)8-11-22-26(17,2)14-21(23(31)29(22)3)30-20-7-5-4-6-19(20)27-28-30/h4-7,15-18,21-22H,8-14H2,1-3H3,(H,32,33)/t15-,16-,17-,18+,21?,22+,25-,26+/m0/s1. The summed E-state index contributed by atoms with van der Waals surface area (Å²) in [6.07, 6.45) is 6.77. The molecule has 1 amide bonds. The minimum Gasteiger partial charge on any atom is -0.481 e. The van der Waals surface area contributed by atoms with Gasteiger partial charge in [-0.05, 0) is 85.7 Å². The second kappa shape index (κ2) is 7.03. The molecule has 33 heavy (non-hydrogen) atoms. The Labute approximate surface area is 194 Å². The van der Waals surface area contributed by atoms with Gasteiger partial charge in [0.1, 0.15) is 11.6 Å². The minimum absolute atomic E-state index is 0.00800. The molecule has 2 aromatic rings. The Morgan fingerprint density at radius 1 is 1.06 bits per heavy atom. The maximum atomic E-state index is 13.5. The molecule has 1 aromatic carbocycles. The smallest absolute Gasteiger partial charge is 0.307 e. The third kappa shape index (κ3) is 2.74. The number of nitrogens with zero attached hydrogens (tertiary/aromatic N) is 4. The van der Waals surface area contributed by atoms with Crippen molar-refractivity contribution < 1.29 is 14.7 Å². The first-order chi connectivity index (χ1) is 15.8. The Morgan fingerprint density at radius 2 is 1.82 bits per heavy atom. The Balaban J connectivity index is 1.37. The van der Waals surface area contributed by atoms with Gasteiger partial charge in [0, 0.05) is 13.1 Å². The van der Waals surface area contributed by atoms with Crippen molar-refractivity contribution >= 4 is 22.9 Å². The number of hydrogen-bond acceptors (Lipinski definition) is 4. The summed E-state index contributed by atoms with van der Waals surface area (Å²) in [6.45, 7) is 4.64. The lowest BCUT2D eigenvalue weighted by atomic mass is 9.46. The first kappa shape index (κ1) is 21.1. The van der Waals surface area contributed by atoms with Crippen LogP contribution < -0.4 is 0 Å². The van der Waals surface area contributed by atoms with E-state index >= 15 is 0 Å². The highest BCUT2D eigenvalue weighted by molar-refractivity contribution is 5.84. The summed E-state index contributed by atoms with van der Waals surface area (Å²) in [6, 6.07) is 7.75. The Bertz CT molecular complexity index is 1130. The monoisotopic (exact) mass is 450 g/mol. The summed E-state index contributed by atoms with van der Waals surface area (Å²) in [7, 11) is 1.97. The first-order valence-corrected chi connectivity index (χ1v) is 12.5. The molecule has 7 nitrogen and oxygen atoms in total. The molecule has 7 heteroatoms. The largest absolute Gasteiger partial charge is 0.481 e. The second-order valence-electron chi connectivity index (χ2n) is 11.7. The number of likely N-dealkylation sites (N-methyl/N-ethyl adjacent to an activating group) is 1. The van der Waals surface area contributed by atoms with Gasteiger partial charge in [0.25, 0.3) is 0 Å². The van der Waals surface area contributed by atoms with Crippen LogP contribution in [0, 0.1) is 34.5 Å². The molecular weight excluding hydrogens is 416 g/mol. The Hall–Kier alpha value is -2.44. The van der Waals surface area contributed by atoms with E-state index in [1.165, 1.54) is 0 Å². The van der Waals surface area contributed by atoms with E-state index in [-0.39, 0.29) is 34.7 Å². The van der Waals surface area contributed by atoms with E-state index in [1.54, 1.807) is 0 Å². The van der Waals surface area contributed by atoms with Gasteiger partial charge < -0.3 is 10.0 Å². The third-order valence-corrected chi connectivity index (χ3v) is 10.5. The van der Waals surface area contributed by atoms with Crippen LogP contribution in [0.15, 0.2) is 24.3 Å². The predicted octanol–water partition coefficient (Wildman–Crippen LogP) is 4.15. The molecule has 1 unspecified atom stereocenters. The summed E-state index contributed by atoms with van der Waals surface area (Å²) in [5, 5.41) is 18.6. The van der Waals surface area contributed by atoms with E-state index in [0.717, 1.165) is 56.0 Å². The molecule has 1 aliphatic heterocycles. The average molecular weight is 451 g/mol. The number of carboxylic acid groups (broad SMARTS) is 1. The van der Waals surface area contributed by atoms with Crippen LogP contribution >= 0.6 is 0 Å². The SMILES string of the molecule is CN1C(=O)C(n2nnc3ccccc32)C[C@]2(C)[C@H]3CC[C@]4(C)[C@@H](C(=O)O)CC[C@H]4[C@@H]3CC[C@@H]12. The van der Waals surface area contributed by atoms with E-state index in [1.807, 2.05) is 40.9 Å². The van der Waals surface area contributed by atoms with E-state index in [0.29, 0.717) is 17.8 Å². The molecule has 6 rings (SSSR count). The van der Waals surface area contributed by atoms with Crippen LogP contribution in [0.3, 0.4) is 0 Å². The molecule has 3 saturated carbocycles. The first-order valence-electron chi connectivity index (χ1n) is 12.5. The fourth-order valence-electron chi connectivity index (χ4n) is 8.97. The minimum atomic E-state index is -0.612. The molecule has 1 saturated heterocycles. The van der Waals surface area contributed by atoms with Crippen LogP contribution in [-0.2, 0) is 9.59 Å². The van der Waals surface area contributed by atoms with E-state index in [9.17, 15) is 14.7 Å². The van der Waals surface area contributed by atoms with Crippen molar-refractivity contribution in [1.29, 1.82) is 0 Å². The number of piperidine rings is 1. The number of hydrogen-bond donors (Lipinski definition) is 1. The van der Waals surface area contributed by atoms with Gasteiger partial charge in [-0.3, -0.25) is 9.59 Å². The van der Waals surface area contributed by atoms with Gasteiger partial charge >= 0.3 is 5.97 Å². The Kier molecular flexibility index (Phi) is 4.50. The molecule has 2 heterocycles. The number of benzene rings is 1. The van der Waals surface area contributed by atoms with Gasteiger partial charge in [0.2, 0.25) is 5.91 Å². The van der Waals surface area contributed by atoms with Crippen molar-refractivity contribution in [3.8, 4) is 0 Å². The van der Waals surface area contributed by atoms with Gasteiger partial charge in [0.05, 0.1) is 11.4 Å². The number of carbonyl (C=O) groups excluding carboxylic acids is 1. The van der Waals surface area contributed by atoms with Gasteiger partial charge in [-0.15, -0.1) is 5.10 Å². The average Bonchev–Trinajstić information content (AvgIpc) is 3.37. The summed E-state index contributed by atoms with van der Waals surface area (Å²) in [5.74, 6) is 0.847. The van der Waals surface area contributed by atoms with Crippen molar-refractivity contribution in [1.82, 2.24) is 19.9 Å². The predicted molar refractivity (Wildman–Crippen MR) is 123 cm³/mol. The molecular formula is C26H34N4O3. The molecule has 3 aliphatic carbocycles. The lowest BCUT2D eigenvalue weighted by Crippen LogP contribution is -2.63. The number of aliphatic carboxylic acids is 1. The van der Waals surface area contributed by atoms with Gasteiger partial charge in [0.15, 0.2) is 0 Å². The fourth-order valence-corrected chi connectivity index (χ4v) is 8.97. The van der Waals surface area contributed by atoms with Crippen LogP contribution in [0.4, 0.5) is 0 Å². The number of carboxylic acids is 1. The van der Waals surface area contributed by atoms with Crippen molar-refractivity contribution in [3.05, 3.63) is 24.3 Å². The van der Waals surface area contributed by atoms with Crippen molar-refractivity contribution in [2.75, 3.05) is 7.05 Å². The zero-order chi connectivity index (χ0) is 23.1. The van der Waals surface area contributed by atoms with Crippen LogP contribution in [0.1, 0.15) is 64.8 Å². The number of likely N-dealkylation sites (tertiary alicyclic amines) is 1. The highest BCUT2D eigenvalue weighted by Crippen LogP contribution is 2.66. The maximum Gasteiger partial charge on any atom is 0.307 e. The molecule has 4 aliphatic rings. The highest BCUT2D eigenvalue weighted by Gasteiger charge is 2.63. The molecule has 1 aromatic heterocycles. The zero-order valence-electron chi connectivity index (χ0n) is 19.8. The molecule has 0 bridgehead atoms.